The lowest BCUT2D eigenvalue weighted by molar-refractivity contribution is 0.670. The molecule has 47 heavy (non-hydrogen) atoms. The van der Waals surface area contributed by atoms with Crippen LogP contribution in [0.15, 0.2) is 174 Å². The lowest BCUT2D eigenvalue weighted by Gasteiger charge is -2.11. The van der Waals surface area contributed by atoms with Crippen LogP contribution in [0.3, 0.4) is 0 Å². The average Bonchev–Trinajstić information content (AvgIpc) is 3.51. The summed E-state index contributed by atoms with van der Waals surface area (Å²) in [6, 6.07) is 59.1. The standard InChI is InChI=1S/C44H28N2O/c1-4-12-29(13-5-1)36-25-37(43-39(26-36)38-24-34-18-10-11-19-35(34)27-42(38)47-43)30-20-22-32(23-21-30)41-28-40(31-14-6-2-7-15-31)45-44(46-41)33-16-8-3-9-17-33/h1-28H. The summed E-state index contributed by atoms with van der Waals surface area (Å²) in [6.07, 6.45) is 0. The minimum absolute atomic E-state index is 0.706. The molecule has 0 aliphatic rings. The lowest BCUT2D eigenvalue weighted by atomic mass is 9.94. The van der Waals surface area contributed by atoms with Crippen LogP contribution in [-0.4, -0.2) is 9.97 Å². The van der Waals surface area contributed by atoms with E-state index in [0.717, 1.165) is 66.7 Å². The van der Waals surface area contributed by atoms with Crippen LogP contribution in [0, 0.1) is 0 Å². The van der Waals surface area contributed by atoms with Crippen molar-refractivity contribution in [3.8, 4) is 56.2 Å². The number of furan rings is 1. The number of benzene rings is 7. The second-order valence-corrected chi connectivity index (χ2v) is 11.8. The summed E-state index contributed by atoms with van der Waals surface area (Å²) in [6.45, 7) is 0. The molecule has 0 bridgehead atoms. The molecule has 2 heterocycles. The highest BCUT2D eigenvalue weighted by molar-refractivity contribution is 6.14. The minimum atomic E-state index is 0.706. The second-order valence-electron chi connectivity index (χ2n) is 11.8. The first kappa shape index (κ1) is 27.0. The summed E-state index contributed by atoms with van der Waals surface area (Å²) in [5.74, 6) is 0.706. The van der Waals surface area contributed by atoms with Crippen LogP contribution >= 0.6 is 0 Å². The molecule has 7 aromatic carbocycles. The Labute approximate surface area is 272 Å². The van der Waals surface area contributed by atoms with Crippen LogP contribution in [0.4, 0.5) is 0 Å². The van der Waals surface area contributed by atoms with Crippen molar-refractivity contribution in [2.45, 2.75) is 0 Å². The molecule has 0 spiro atoms. The predicted molar refractivity (Wildman–Crippen MR) is 194 cm³/mol. The Kier molecular flexibility index (Phi) is 6.46. The highest BCUT2D eigenvalue weighted by Gasteiger charge is 2.17. The van der Waals surface area contributed by atoms with Gasteiger partial charge in [-0.2, -0.15) is 0 Å². The first-order chi connectivity index (χ1) is 23.3. The second kappa shape index (κ2) is 11.2. The smallest absolute Gasteiger partial charge is 0.160 e. The fourth-order valence-corrected chi connectivity index (χ4v) is 6.46. The zero-order valence-electron chi connectivity index (χ0n) is 25.5. The zero-order chi connectivity index (χ0) is 31.2. The van der Waals surface area contributed by atoms with E-state index in [1.54, 1.807) is 0 Å². The van der Waals surface area contributed by atoms with Crippen LogP contribution in [0.25, 0.3) is 88.9 Å². The Hall–Kier alpha value is -6.32. The Morgan fingerprint density at radius 3 is 1.55 bits per heavy atom. The molecule has 0 atom stereocenters. The van der Waals surface area contributed by atoms with Gasteiger partial charge in [0.1, 0.15) is 11.2 Å². The minimum Gasteiger partial charge on any atom is -0.455 e. The highest BCUT2D eigenvalue weighted by Crippen LogP contribution is 2.41. The lowest BCUT2D eigenvalue weighted by Crippen LogP contribution is -1.95. The molecule has 0 aliphatic carbocycles. The van der Waals surface area contributed by atoms with Crippen molar-refractivity contribution in [1.29, 1.82) is 0 Å². The summed E-state index contributed by atoms with van der Waals surface area (Å²) in [7, 11) is 0. The summed E-state index contributed by atoms with van der Waals surface area (Å²) >= 11 is 0. The zero-order valence-corrected chi connectivity index (χ0v) is 25.5. The number of aromatic nitrogens is 2. The Morgan fingerprint density at radius 1 is 0.362 bits per heavy atom. The maximum Gasteiger partial charge on any atom is 0.160 e. The number of fused-ring (bicyclic) bond motifs is 4. The van der Waals surface area contributed by atoms with E-state index in [0.29, 0.717) is 5.82 Å². The first-order valence-corrected chi connectivity index (χ1v) is 15.8. The molecule has 3 nitrogen and oxygen atoms in total. The third kappa shape index (κ3) is 4.95. The van der Waals surface area contributed by atoms with Crippen LogP contribution in [-0.2, 0) is 0 Å². The van der Waals surface area contributed by atoms with Crippen molar-refractivity contribution < 1.29 is 4.42 Å². The Bertz CT molecular complexity index is 2480. The average molecular weight is 601 g/mol. The van der Waals surface area contributed by atoms with Gasteiger partial charge in [0, 0.05) is 33.0 Å². The van der Waals surface area contributed by atoms with E-state index in [-0.39, 0.29) is 0 Å². The Morgan fingerprint density at radius 2 is 0.894 bits per heavy atom. The molecule has 0 radical (unpaired) electrons. The van der Waals surface area contributed by atoms with Gasteiger partial charge < -0.3 is 4.42 Å². The van der Waals surface area contributed by atoms with Gasteiger partial charge in [-0.1, -0.05) is 140 Å². The van der Waals surface area contributed by atoms with Crippen molar-refractivity contribution in [1.82, 2.24) is 9.97 Å². The van der Waals surface area contributed by atoms with Crippen molar-refractivity contribution >= 4 is 32.7 Å². The SMILES string of the molecule is c1ccc(-c2cc(-c3ccc(-c4cc(-c5ccccc5)nc(-c5ccccc5)n4)cc3)c3oc4cc5ccccc5cc4c3c2)cc1. The van der Waals surface area contributed by atoms with Gasteiger partial charge in [-0.05, 0) is 57.8 Å². The van der Waals surface area contributed by atoms with Gasteiger partial charge in [-0.15, -0.1) is 0 Å². The summed E-state index contributed by atoms with van der Waals surface area (Å²) in [4.78, 5) is 9.99. The molecule has 0 amide bonds. The predicted octanol–water partition coefficient (Wildman–Crippen LogP) is 11.9. The third-order valence-electron chi connectivity index (χ3n) is 8.87. The third-order valence-corrected chi connectivity index (χ3v) is 8.87. The molecule has 0 unspecified atom stereocenters. The number of rotatable bonds is 5. The fourth-order valence-electron chi connectivity index (χ4n) is 6.46. The molecule has 220 valence electrons. The van der Waals surface area contributed by atoms with Crippen LogP contribution in [0.5, 0.6) is 0 Å². The maximum absolute atomic E-state index is 6.66. The van der Waals surface area contributed by atoms with Crippen LogP contribution in [0.1, 0.15) is 0 Å². The quantitative estimate of drug-likeness (QED) is 0.197. The van der Waals surface area contributed by atoms with Gasteiger partial charge in [-0.25, -0.2) is 9.97 Å². The number of hydrogen-bond acceptors (Lipinski definition) is 3. The summed E-state index contributed by atoms with van der Waals surface area (Å²) < 4.78 is 6.66. The molecule has 0 aliphatic heterocycles. The first-order valence-electron chi connectivity index (χ1n) is 15.8. The normalized spacial score (nSPS) is 11.4. The molecule has 3 heteroatoms. The van der Waals surface area contributed by atoms with E-state index >= 15 is 0 Å². The molecule has 0 saturated heterocycles. The van der Waals surface area contributed by atoms with E-state index in [2.05, 4.69) is 133 Å². The number of nitrogens with zero attached hydrogens (tertiary/aromatic N) is 2. The Balaban J connectivity index is 1.20. The highest BCUT2D eigenvalue weighted by atomic mass is 16.3. The largest absolute Gasteiger partial charge is 0.455 e. The maximum atomic E-state index is 6.66. The summed E-state index contributed by atoms with van der Waals surface area (Å²) in [5, 5.41) is 4.61. The molecular formula is C44H28N2O. The molecule has 2 aromatic heterocycles. The molecule has 9 rings (SSSR count). The molecular weight excluding hydrogens is 572 g/mol. The summed E-state index contributed by atoms with van der Waals surface area (Å²) in [5.41, 5.74) is 11.1. The fraction of sp³-hybridized carbons (Fsp3) is 0. The van der Waals surface area contributed by atoms with Crippen molar-refractivity contribution in [2.75, 3.05) is 0 Å². The van der Waals surface area contributed by atoms with Crippen LogP contribution < -0.4 is 0 Å². The van der Waals surface area contributed by atoms with Gasteiger partial charge in [0.15, 0.2) is 5.82 Å². The van der Waals surface area contributed by atoms with Gasteiger partial charge in [0.05, 0.1) is 11.4 Å². The monoisotopic (exact) mass is 600 g/mol. The van der Waals surface area contributed by atoms with E-state index in [1.165, 1.54) is 16.3 Å². The van der Waals surface area contributed by atoms with Crippen molar-refractivity contribution in [3.05, 3.63) is 170 Å². The van der Waals surface area contributed by atoms with E-state index in [4.69, 9.17) is 14.4 Å². The molecule has 0 fully saturated rings. The van der Waals surface area contributed by atoms with E-state index in [1.807, 2.05) is 36.4 Å². The van der Waals surface area contributed by atoms with Gasteiger partial charge >= 0.3 is 0 Å². The molecule has 0 N–H and O–H groups in total. The molecule has 0 saturated carbocycles. The number of hydrogen-bond donors (Lipinski definition) is 0. The van der Waals surface area contributed by atoms with E-state index < -0.39 is 0 Å². The molecule has 9 aromatic rings. The van der Waals surface area contributed by atoms with Gasteiger partial charge in [0.2, 0.25) is 0 Å². The van der Waals surface area contributed by atoms with E-state index in [9.17, 15) is 0 Å². The van der Waals surface area contributed by atoms with Crippen molar-refractivity contribution in [3.63, 3.8) is 0 Å². The van der Waals surface area contributed by atoms with Gasteiger partial charge in [0.25, 0.3) is 0 Å². The van der Waals surface area contributed by atoms with Gasteiger partial charge in [-0.3, -0.25) is 0 Å². The van der Waals surface area contributed by atoms with Crippen LogP contribution in [0.2, 0.25) is 0 Å². The topological polar surface area (TPSA) is 38.9 Å². The van der Waals surface area contributed by atoms with Crippen molar-refractivity contribution in [2.24, 2.45) is 0 Å².